The molecule has 1 saturated heterocycles. The SMILES string of the molecule is CC(C)NC(=O)C1COCCN1C(=O)C1(C#N)CCC1. The van der Waals surface area contributed by atoms with Crippen molar-refractivity contribution in [1.82, 2.24) is 10.2 Å². The second kappa shape index (κ2) is 5.80. The van der Waals surface area contributed by atoms with Crippen molar-refractivity contribution in [3.05, 3.63) is 0 Å². The largest absolute Gasteiger partial charge is 0.377 e. The van der Waals surface area contributed by atoms with Crippen LogP contribution in [0, 0.1) is 16.7 Å². The summed E-state index contributed by atoms with van der Waals surface area (Å²) >= 11 is 0. The lowest BCUT2D eigenvalue weighted by molar-refractivity contribution is -0.157. The number of nitrogens with one attached hydrogen (secondary N) is 1. The third kappa shape index (κ3) is 2.63. The molecule has 0 aromatic rings. The van der Waals surface area contributed by atoms with Gasteiger partial charge in [-0.1, -0.05) is 0 Å². The molecule has 6 heteroatoms. The van der Waals surface area contributed by atoms with E-state index in [1.807, 2.05) is 13.8 Å². The lowest BCUT2D eigenvalue weighted by atomic mass is 9.68. The summed E-state index contributed by atoms with van der Waals surface area (Å²) < 4.78 is 5.33. The molecular weight excluding hydrogens is 258 g/mol. The highest BCUT2D eigenvalue weighted by Crippen LogP contribution is 2.42. The molecule has 20 heavy (non-hydrogen) atoms. The maximum atomic E-state index is 12.6. The lowest BCUT2D eigenvalue weighted by Crippen LogP contribution is -2.60. The van der Waals surface area contributed by atoms with Crippen LogP contribution in [0.4, 0.5) is 0 Å². The molecule has 1 heterocycles. The predicted octanol–water partition coefficient (Wildman–Crippen LogP) is 0.432. The van der Waals surface area contributed by atoms with Gasteiger partial charge in [0.2, 0.25) is 11.8 Å². The van der Waals surface area contributed by atoms with Crippen LogP contribution in [-0.2, 0) is 14.3 Å². The molecule has 1 aliphatic heterocycles. The molecule has 1 N–H and O–H groups in total. The number of nitriles is 1. The van der Waals surface area contributed by atoms with Crippen molar-refractivity contribution in [1.29, 1.82) is 5.26 Å². The topological polar surface area (TPSA) is 82.4 Å². The highest BCUT2D eigenvalue weighted by molar-refractivity contribution is 5.92. The van der Waals surface area contributed by atoms with Crippen molar-refractivity contribution in [2.75, 3.05) is 19.8 Å². The first kappa shape index (κ1) is 14.8. The third-order valence-electron chi connectivity index (χ3n) is 3.95. The minimum absolute atomic E-state index is 0.00927. The lowest BCUT2D eigenvalue weighted by Gasteiger charge is -2.42. The van der Waals surface area contributed by atoms with E-state index in [2.05, 4.69) is 11.4 Å². The monoisotopic (exact) mass is 279 g/mol. The van der Waals surface area contributed by atoms with Gasteiger partial charge < -0.3 is 15.0 Å². The van der Waals surface area contributed by atoms with Crippen LogP contribution in [0.25, 0.3) is 0 Å². The molecular formula is C14H21N3O3. The summed E-state index contributed by atoms with van der Waals surface area (Å²) in [5, 5.41) is 12.1. The van der Waals surface area contributed by atoms with Crippen LogP contribution in [0.2, 0.25) is 0 Å². The summed E-state index contributed by atoms with van der Waals surface area (Å²) in [6.07, 6.45) is 2.09. The van der Waals surface area contributed by atoms with Crippen LogP contribution in [0.5, 0.6) is 0 Å². The smallest absolute Gasteiger partial charge is 0.245 e. The maximum absolute atomic E-state index is 12.6. The van der Waals surface area contributed by atoms with Gasteiger partial charge in [-0.15, -0.1) is 0 Å². The Labute approximate surface area is 119 Å². The molecule has 1 unspecified atom stereocenters. The highest BCUT2D eigenvalue weighted by atomic mass is 16.5. The van der Waals surface area contributed by atoms with Gasteiger partial charge in [0.1, 0.15) is 11.5 Å². The van der Waals surface area contributed by atoms with E-state index < -0.39 is 11.5 Å². The summed E-state index contributed by atoms with van der Waals surface area (Å²) in [6, 6.07) is 1.54. The number of hydrogen-bond acceptors (Lipinski definition) is 4. The molecule has 6 nitrogen and oxygen atoms in total. The van der Waals surface area contributed by atoms with Crippen molar-refractivity contribution in [3.63, 3.8) is 0 Å². The molecule has 0 radical (unpaired) electrons. The van der Waals surface area contributed by atoms with Crippen molar-refractivity contribution >= 4 is 11.8 Å². The van der Waals surface area contributed by atoms with Gasteiger partial charge in [0.15, 0.2) is 0 Å². The van der Waals surface area contributed by atoms with Crippen LogP contribution >= 0.6 is 0 Å². The average molecular weight is 279 g/mol. The zero-order valence-corrected chi connectivity index (χ0v) is 12.0. The highest BCUT2D eigenvalue weighted by Gasteiger charge is 2.49. The van der Waals surface area contributed by atoms with E-state index in [0.29, 0.717) is 26.0 Å². The van der Waals surface area contributed by atoms with Gasteiger partial charge in [-0.25, -0.2) is 0 Å². The van der Waals surface area contributed by atoms with E-state index in [0.717, 1.165) is 6.42 Å². The Morgan fingerprint density at radius 3 is 2.65 bits per heavy atom. The van der Waals surface area contributed by atoms with Crippen LogP contribution in [0.3, 0.4) is 0 Å². The third-order valence-corrected chi connectivity index (χ3v) is 3.95. The Balaban J connectivity index is 2.13. The first-order valence-corrected chi connectivity index (χ1v) is 7.10. The normalized spacial score (nSPS) is 24.7. The zero-order chi connectivity index (χ0) is 14.8. The Morgan fingerprint density at radius 2 is 2.15 bits per heavy atom. The summed E-state index contributed by atoms with van der Waals surface area (Å²) in [6.45, 7) is 4.73. The average Bonchev–Trinajstić information content (AvgIpc) is 2.37. The summed E-state index contributed by atoms with van der Waals surface area (Å²) in [4.78, 5) is 26.3. The fourth-order valence-corrected chi connectivity index (χ4v) is 2.62. The number of morpholine rings is 1. The predicted molar refractivity (Wildman–Crippen MR) is 71.5 cm³/mol. The molecule has 2 fully saturated rings. The van der Waals surface area contributed by atoms with Gasteiger partial charge >= 0.3 is 0 Å². The van der Waals surface area contributed by atoms with E-state index in [9.17, 15) is 14.9 Å². The van der Waals surface area contributed by atoms with Crippen molar-refractivity contribution in [3.8, 4) is 6.07 Å². The molecule has 0 spiro atoms. The molecule has 1 aliphatic carbocycles. The number of rotatable bonds is 3. The van der Waals surface area contributed by atoms with E-state index in [4.69, 9.17) is 4.74 Å². The Hall–Kier alpha value is -1.61. The van der Waals surface area contributed by atoms with Crippen molar-refractivity contribution < 1.29 is 14.3 Å². The Bertz CT molecular complexity index is 437. The quantitative estimate of drug-likeness (QED) is 0.812. The van der Waals surface area contributed by atoms with E-state index in [1.54, 1.807) is 0 Å². The molecule has 0 bridgehead atoms. The van der Waals surface area contributed by atoms with Crippen LogP contribution < -0.4 is 5.32 Å². The molecule has 2 rings (SSSR count). The number of amides is 2. The number of nitrogens with zero attached hydrogens (tertiary/aromatic N) is 2. The molecule has 0 aromatic heterocycles. The molecule has 2 amide bonds. The van der Waals surface area contributed by atoms with Gasteiger partial charge in [-0.3, -0.25) is 9.59 Å². The molecule has 0 aromatic carbocycles. The Kier molecular flexibility index (Phi) is 4.29. The molecule has 1 atom stereocenters. The second-order valence-corrected chi connectivity index (χ2v) is 5.80. The van der Waals surface area contributed by atoms with Crippen molar-refractivity contribution in [2.24, 2.45) is 5.41 Å². The first-order valence-electron chi connectivity index (χ1n) is 7.10. The van der Waals surface area contributed by atoms with Gasteiger partial charge in [0, 0.05) is 12.6 Å². The van der Waals surface area contributed by atoms with Crippen LogP contribution in [-0.4, -0.2) is 48.6 Å². The van der Waals surface area contributed by atoms with Crippen LogP contribution in [0.1, 0.15) is 33.1 Å². The summed E-state index contributed by atoms with van der Waals surface area (Å²) in [5.41, 5.74) is -0.909. The Morgan fingerprint density at radius 1 is 1.45 bits per heavy atom. The van der Waals surface area contributed by atoms with Gasteiger partial charge in [-0.05, 0) is 33.1 Å². The number of carbonyl (C=O) groups excluding carboxylic acids is 2. The minimum Gasteiger partial charge on any atom is -0.377 e. The zero-order valence-electron chi connectivity index (χ0n) is 12.0. The fraction of sp³-hybridized carbons (Fsp3) is 0.786. The van der Waals surface area contributed by atoms with Gasteiger partial charge in [0.25, 0.3) is 0 Å². The van der Waals surface area contributed by atoms with Gasteiger partial charge in [0.05, 0.1) is 19.3 Å². The molecule has 1 saturated carbocycles. The fourth-order valence-electron chi connectivity index (χ4n) is 2.62. The molecule has 2 aliphatic rings. The summed E-state index contributed by atoms with van der Waals surface area (Å²) in [7, 11) is 0. The van der Waals surface area contributed by atoms with Crippen LogP contribution in [0.15, 0.2) is 0 Å². The standard InChI is InChI=1S/C14H21N3O3/c1-10(2)16-12(18)11-8-20-7-6-17(11)13(19)14(9-15)4-3-5-14/h10-11H,3-8H2,1-2H3,(H,16,18). The van der Waals surface area contributed by atoms with Crippen molar-refractivity contribution in [2.45, 2.75) is 45.2 Å². The van der Waals surface area contributed by atoms with Gasteiger partial charge in [-0.2, -0.15) is 5.26 Å². The number of ether oxygens (including phenoxy) is 1. The number of hydrogen-bond donors (Lipinski definition) is 1. The van der Waals surface area contributed by atoms with E-state index in [1.165, 1.54) is 4.90 Å². The first-order chi connectivity index (χ1) is 9.50. The summed E-state index contributed by atoms with van der Waals surface area (Å²) in [5.74, 6) is -0.418. The van der Waals surface area contributed by atoms with E-state index >= 15 is 0 Å². The number of carbonyl (C=O) groups is 2. The molecule has 110 valence electrons. The minimum atomic E-state index is -0.909. The van der Waals surface area contributed by atoms with E-state index in [-0.39, 0.29) is 24.5 Å². The maximum Gasteiger partial charge on any atom is 0.245 e. The second-order valence-electron chi connectivity index (χ2n) is 5.80.